The predicted octanol–water partition coefficient (Wildman–Crippen LogP) is 1.53. The zero-order chi connectivity index (χ0) is 10.1. The van der Waals surface area contributed by atoms with E-state index in [4.69, 9.17) is 11.6 Å². The number of fused-ring (bicyclic) bond motifs is 1. The van der Waals surface area contributed by atoms with Crippen molar-refractivity contribution in [3.05, 3.63) is 24.3 Å². The maximum absolute atomic E-state index is 10.5. The third-order valence-electron chi connectivity index (χ3n) is 1.67. The number of hydrogen-bond acceptors (Lipinski definition) is 4. The molecule has 0 atom stereocenters. The molecule has 1 aromatic carbocycles. The van der Waals surface area contributed by atoms with Crippen LogP contribution < -0.4 is 4.84 Å². The number of carbonyl (C=O) groups excluding carboxylic acids is 1. The van der Waals surface area contributed by atoms with Gasteiger partial charge < -0.3 is 9.94 Å². The van der Waals surface area contributed by atoms with Crippen LogP contribution in [0.3, 0.4) is 0 Å². The molecule has 6 heteroatoms. The van der Waals surface area contributed by atoms with Crippen molar-refractivity contribution >= 4 is 28.1 Å². The number of aromatic hydroxyl groups is 1. The van der Waals surface area contributed by atoms with Crippen molar-refractivity contribution in [1.29, 1.82) is 0 Å². The summed E-state index contributed by atoms with van der Waals surface area (Å²) in [6.07, 6.45) is 0. The molecule has 2 rings (SSSR count). The molecule has 0 amide bonds. The van der Waals surface area contributed by atoms with E-state index in [9.17, 15) is 9.90 Å². The highest BCUT2D eigenvalue weighted by Gasteiger charge is 2.11. The summed E-state index contributed by atoms with van der Waals surface area (Å²) in [5, 5.41) is 9.30. The fourth-order valence-electron chi connectivity index (χ4n) is 1.15. The van der Waals surface area contributed by atoms with Gasteiger partial charge in [-0.2, -0.15) is 4.98 Å². The molecule has 1 heterocycles. The van der Waals surface area contributed by atoms with Gasteiger partial charge in [0.15, 0.2) is 0 Å². The number of carbonyl (C=O) groups is 1. The number of hydrogen-bond donors (Lipinski definition) is 1. The Hall–Kier alpha value is -1.75. The van der Waals surface area contributed by atoms with Crippen LogP contribution in [0.4, 0.5) is 4.79 Å². The molecule has 72 valence electrons. The van der Waals surface area contributed by atoms with Crippen LogP contribution in [0.15, 0.2) is 24.3 Å². The Balaban J connectivity index is 2.62. The molecule has 1 N–H and O–H groups in total. The molecule has 2 aromatic rings. The van der Waals surface area contributed by atoms with Crippen LogP contribution in [0.1, 0.15) is 0 Å². The van der Waals surface area contributed by atoms with Crippen molar-refractivity contribution in [2.45, 2.75) is 0 Å². The highest BCUT2D eigenvalue weighted by atomic mass is 35.5. The molecule has 0 bridgehead atoms. The Bertz CT molecular complexity index is 494. The van der Waals surface area contributed by atoms with Gasteiger partial charge in [-0.25, -0.2) is 4.79 Å². The van der Waals surface area contributed by atoms with Gasteiger partial charge in [-0.3, -0.25) is 0 Å². The topological polar surface area (TPSA) is 64.3 Å². The lowest BCUT2D eigenvalue weighted by Crippen LogP contribution is -2.12. The lowest BCUT2D eigenvalue weighted by Gasteiger charge is -2.00. The van der Waals surface area contributed by atoms with Crippen molar-refractivity contribution in [2.24, 2.45) is 0 Å². The maximum atomic E-state index is 10.5. The molecule has 0 fully saturated rings. The van der Waals surface area contributed by atoms with Crippen LogP contribution in [0.25, 0.3) is 11.0 Å². The van der Waals surface area contributed by atoms with Gasteiger partial charge in [-0.1, -0.05) is 12.1 Å². The Labute approximate surface area is 83.4 Å². The summed E-state index contributed by atoms with van der Waals surface area (Å²) in [5.74, 6) is 0. The lowest BCUT2D eigenvalue weighted by molar-refractivity contribution is 0.148. The number of halogens is 1. The quantitative estimate of drug-likeness (QED) is 0.728. The summed E-state index contributed by atoms with van der Waals surface area (Å²) >= 11 is 5.02. The van der Waals surface area contributed by atoms with E-state index in [1.54, 1.807) is 24.3 Å². The number of rotatable bonds is 1. The van der Waals surface area contributed by atoms with E-state index in [1.807, 2.05) is 0 Å². The third kappa shape index (κ3) is 1.38. The summed E-state index contributed by atoms with van der Waals surface area (Å²) in [6.45, 7) is 0. The van der Waals surface area contributed by atoms with Gasteiger partial charge in [0, 0.05) is 11.6 Å². The standard InChI is InChI=1S/C8H5ClN2O3/c9-7(12)14-11-6-4-2-1-3-5(6)10-8(11)13/h1-4H,(H,10,13). The van der Waals surface area contributed by atoms with Crippen molar-refractivity contribution in [1.82, 2.24) is 9.71 Å². The van der Waals surface area contributed by atoms with E-state index < -0.39 is 11.4 Å². The van der Waals surface area contributed by atoms with E-state index in [0.29, 0.717) is 11.0 Å². The summed E-state index contributed by atoms with van der Waals surface area (Å²) in [4.78, 5) is 18.8. The fourth-order valence-corrected chi connectivity index (χ4v) is 1.22. The number of benzene rings is 1. The van der Waals surface area contributed by atoms with E-state index in [2.05, 4.69) is 9.82 Å². The molecule has 0 aliphatic rings. The molecule has 5 nitrogen and oxygen atoms in total. The second kappa shape index (κ2) is 3.19. The monoisotopic (exact) mass is 212 g/mol. The first kappa shape index (κ1) is 8.83. The first-order valence-electron chi connectivity index (χ1n) is 3.73. The van der Waals surface area contributed by atoms with Crippen LogP contribution in [0.5, 0.6) is 6.01 Å². The molecule has 1 aromatic heterocycles. The SMILES string of the molecule is O=C(Cl)On1c(O)nc2ccccc21. The largest absolute Gasteiger partial charge is 0.478 e. The lowest BCUT2D eigenvalue weighted by atomic mass is 10.3. The minimum Gasteiger partial charge on any atom is -0.478 e. The Morgan fingerprint density at radius 1 is 1.50 bits per heavy atom. The van der Waals surface area contributed by atoms with Crippen LogP contribution >= 0.6 is 11.6 Å². The third-order valence-corrected chi connectivity index (χ3v) is 1.73. The zero-order valence-corrected chi connectivity index (χ0v) is 7.60. The average molecular weight is 213 g/mol. The van der Waals surface area contributed by atoms with Gasteiger partial charge in [0.2, 0.25) is 0 Å². The first-order chi connectivity index (χ1) is 6.68. The molecule has 0 saturated carbocycles. The van der Waals surface area contributed by atoms with Crippen LogP contribution in [0.2, 0.25) is 0 Å². The predicted molar refractivity (Wildman–Crippen MR) is 49.2 cm³/mol. The van der Waals surface area contributed by atoms with E-state index in [-0.39, 0.29) is 0 Å². The van der Waals surface area contributed by atoms with Gasteiger partial charge >= 0.3 is 11.4 Å². The Kier molecular flexibility index (Phi) is 2.01. The van der Waals surface area contributed by atoms with Gasteiger partial charge in [0.25, 0.3) is 0 Å². The second-order valence-corrected chi connectivity index (χ2v) is 2.83. The highest BCUT2D eigenvalue weighted by molar-refractivity contribution is 6.61. The summed E-state index contributed by atoms with van der Waals surface area (Å²) in [6, 6.07) is 6.37. The fraction of sp³-hybridized carbons (Fsp3) is 0. The van der Waals surface area contributed by atoms with Crippen molar-refractivity contribution in [3.63, 3.8) is 0 Å². The Morgan fingerprint density at radius 3 is 2.93 bits per heavy atom. The van der Waals surface area contributed by atoms with Crippen LogP contribution in [-0.4, -0.2) is 20.2 Å². The van der Waals surface area contributed by atoms with Gasteiger partial charge in [-0.15, -0.1) is 4.73 Å². The normalized spacial score (nSPS) is 10.4. The van der Waals surface area contributed by atoms with Crippen molar-refractivity contribution in [3.8, 4) is 6.01 Å². The van der Waals surface area contributed by atoms with Gasteiger partial charge in [0.1, 0.15) is 5.52 Å². The minimum atomic E-state index is -1.04. The molecule has 0 unspecified atom stereocenters. The zero-order valence-electron chi connectivity index (χ0n) is 6.85. The van der Waals surface area contributed by atoms with E-state index in [0.717, 1.165) is 4.73 Å². The average Bonchev–Trinajstić information content (AvgIpc) is 2.43. The summed E-state index contributed by atoms with van der Waals surface area (Å²) < 4.78 is 0.866. The molecule has 0 aliphatic heterocycles. The minimum absolute atomic E-state index is 0.416. The molecular formula is C8H5ClN2O3. The number of imidazole rings is 1. The summed E-state index contributed by atoms with van der Waals surface area (Å²) in [5.41, 5.74) is -0.0506. The van der Waals surface area contributed by atoms with Crippen LogP contribution in [-0.2, 0) is 0 Å². The molecule has 0 radical (unpaired) electrons. The van der Waals surface area contributed by atoms with Crippen molar-refractivity contribution < 1.29 is 14.7 Å². The molecule has 0 aliphatic carbocycles. The molecular weight excluding hydrogens is 208 g/mol. The molecule has 0 saturated heterocycles. The highest BCUT2D eigenvalue weighted by Crippen LogP contribution is 2.18. The number of nitrogens with zero attached hydrogens (tertiary/aromatic N) is 2. The van der Waals surface area contributed by atoms with Gasteiger partial charge in [-0.05, 0) is 12.1 Å². The maximum Gasteiger partial charge on any atom is 0.428 e. The second-order valence-electron chi connectivity index (χ2n) is 2.52. The molecule has 0 spiro atoms. The van der Waals surface area contributed by atoms with Crippen LogP contribution in [0, 0.1) is 0 Å². The van der Waals surface area contributed by atoms with E-state index in [1.165, 1.54) is 0 Å². The van der Waals surface area contributed by atoms with Crippen molar-refractivity contribution in [2.75, 3.05) is 0 Å². The Morgan fingerprint density at radius 2 is 2.21 bits per heavy atom. The summed E-state index contributed by atoms with van der Waals surface area (Å²) in [7, 11) is 0. The number of para-hydroxylation sites is 2. The smallest absolute Gasteiger partial charge is 0.428 e. The molecule has 14 heavy (non-hydrogen) atoms. The van der Waals surface area contributed by atoms with E-state index >= 15 is 0 Å². The first-order valence-corrected chi connectivity index (χ1v) is 4.10. The van der Waals surface area contributed by atoms with Gasteiger partial charge in [0.05, 0.1) is 5.52 Å². The number of aromatic nitrogens is 2.